The van der Waals surface area contributed by atoms with E-state index in [0.717, 1.165) is 64.9 Å². The number of aryl methyl sites for hydroxylation is 1. The number of ether oxygens (including phenoxy) is 1. The first-order valence-corrected chi connectivity index (χ1v) is 10.7. The minimum Gasteiger partial charge on any atom is -0.379 e. The zero-order chi connectivity index (χ0) is 19.3. The molecule has 28 heavy (non-hydrogen) atoms. The molecule has 4 rings (SSSR count). The van der Waals surface area contributed by atoms with Crippen LogP contribution in [0.25, 0.3) is 10.9 Å². The molecule has 2 aliphatic heterocycles. The zero-order valence-electron chi connectivity index (χ0n) is 17.2. The van der Waals surface area contributed by atoms with Crippen LogP contribution in [0.4, 0.5) is 0 Å². The maximum atomic E-state index is 5.51. The van der Waals surface area contributed by atoms with Gasteiger partial charge >= 0.3 is 0 Å². The van der Waals surface area contributed by atoms with Gasteiger partial charge in [-0.3, -0.25) is 9.89 Å². The van der Waals surface area contributed by atoms with Crippen molar-refractivity contribution >= 4 is 16.9 Å². The second-order valence-corrected chi connectivity index (χ2v) is 7.83. The lowest BCUT2D eigenvalue weighted by atomic mass is 10.1. The van der Waals surface area contributed by atoms with Crippen LogP contribution in [-0.2, 0) is 11.2 Å². The van der Waals surface area contributed by atoms with E-state index in [-0.39, 0.29) is 0 Å². The molecule has 6 nitrogen and oxygen atoms in total. The monoisotopic (exact) mass is 383 g/mol. The number of hydrogen-bond acceptors (Lipinski definition) is 3. The van der Waals surface area contributed by atoms with Crippen LogP contribution in [-0.4, -0.2) is 79.3 Å². The number of benzene rings is 1. The molecule has 2 aliphatic rings. The summed E-state index contributed by atoms with van der Waals surface area (Å²) >= 11 is 0. The summed E-state index contributed by atoms with van der Waals surface area (Å²) < 4.78 is 5.51. The molecular weight excluding hydrogens is 350 g/mol. The number of aliphatic imine (C=N–C) groups is 1. The Hall–Kier alpha value is -2.05. The number of H-pyrrole nitrogens is 1. The smallest absolute Gasteiger partial charge is 0.193 e. The molecule has 3 heterocycles. The van der Waals surface area contributed by atoms with Crippen LogP contribution >= 0.6 is 0 Å². The van der Waals surface area contributed by atoms with E-state index in [1.54, 1.807) is 0 Å². The van der Waals surface area contributed by atoms with Gasteiger partial charge in [-0.2, -0.15) is 0 Å². The van der Waals surface area contributed by atoms with Crippen molar-refractivity contribution in [1.82, 2.24) is 20.1 Å². The van der Waals surface area contributed by atoms with Crippen LogP contribution in [0, 0.1) is 6.92 Å². The van der Waals surface area contributed by atoms with Crippen LogP contribution in [0.1, 0.15) is 24.5 Å². The maximum absolute atomic E-state index is 5.51. The van der Waals surface area contributed by atoms with Crippen molar-refractivity contribution in [3.8, 4) is 0 Å². The van der Waals surface area contributed by atoms with Crippen molar-refractivity contribution in [2.75, 3.05) is 52.5 Å². The molecule has 1 unspecified atom stereocenters. The van der Waals surface area contributed by atoms with Gasteiger partial charge in [0.05, 0.1) is 13.2 Å². The van der Waals surface area contributed by atoms with E-state index in [4.69, 9.17) is 9.73 Å². The van der Waals surface area contributed by atoms with Crippen molar-refractivity contribution in [2.24, 2.45) is 4.99 Å². The lowest BCUT2D eigenvalue weighted by molar-refractivity contribution is 0.0195. The predicted molar refractivity (Wildman–Crippen MR) is 115 cm³/mol. The lowest BCUT2D eigenvalue weighted by Crippen LogP contribution is -2.46. The highest BCUT2D eigenvalue weighted by Gasteiger charge is 2.30. The molecule has 2 fully saturated rings. The van der Waals surface area contributed by atoms with Gasteiger partial charge in [-0.25, -0.2) is 0 Å². The summed E-state index contributed by atoms with van der Waals surface area (Å²) in [6, 6.07) is 7.07. The number of hydrogen-bond donors (Lipinski definition) is 2. The number of nitrogens with one attached hydrogen (secondary N) is 2. The van der Waals surface area contributed by atoms with Crippen molar-refractivity contribution in [3.63, 3.8) is 0 Å². The molecule has 0 saturated carbocycles. The number of fused-ring (bicyclic) bond motifs is 1. The average molecular weight is 384 g/mol. The molecule has 0 spiro atoms. The van der Waals surface area contributed by atoms with Gasteiger partial charge < -0.3 is 19.9 Å². The van der Waals surface area contributed by atoms with E-state index in [1.165, 1.54) is 28.5 Å². The summed E-state index contributed by atoms with van der Waals surface area (Å²) in [4.78, 5) is 13.4. The summed E-state index contributed by atoms with van der Waals surface area (Å²) in [5.41, 5.74) is 3.91. The Morgan fingerprint density at radius 3 is 2.96 bits per heavy atom. The van der Waals surface area contributed by atoms with Gasteiger partial charge in [0, 0.05) is 62.4 Å². The highest BCUT2D eigenvalue weighted by atomic mass is 16.5. The van der Waals surface area contributed by atoms with Gasteiger partial charge in [-0.1, -0.05) is 12.1 Å². The van der Waals surface area contributed by atoms with Crippen LogP contribution < -0.4 is 5.32 Å². The molecular formula is C22H33N5O. The summed E-state index contributed by atoms with van der Waals surface area (Å²) in [6.07, 6.45) is 4.32. The van der Waals surface area contributed by atoms with Crippen LogP contribution in [0.5, 0.6) is 0 Å². The number of rotatable bonds is 5. The summed E-state index contributed by atoms with van der Waals surface area (Å²) in [7, 11) is 0. The summed E-state index contributed by atoms with van der Waals surface area (Å²) in [5, 5.41) is 4.86. The van der Waals surface area contributed by atoms with Gasteiger partial charge in [0.25, 0.3) is 0 Å². The third-order valence-corrected chi connectivity index (χ3v) is 6.00. The molecule has 0 amide bonds. The topological polar surface area (TPSA) is 55.9 Å². The Bertz CT molecular complexity index is 808. The number of morpholine rings is 1. The van der Waals surface area contributed by atoms with E-state index in [0.29, 0.717) is 6.04 Å². The number of guanidine groups is 1. The van der Waals surface area contributed by atoms with E-state index in [2.05, 4.69) is 58.3 Å². The number of aromatic amines is 1. The summed E-state index contributed by atoms with van der Waals surface area (Å²) in [5.74, 6) is 1.06. The average Bonchev–Trinajstić information content (AvgIpc) is 3.36. The SMILES string of the molecule is CCNC(=NCCc1c[nH]c2cccc(C)c12)N1CCC(N2CCOCC2)C1. The van der Waals surface area contributed by atoms with Crippen molar-refractivity contribution < 1.29 is 4.74 Å². The first-order valence-electron chi connectivity index (χ1n) is 10.7. The molecule has 152 valence electrons. The highest BCUT2D eigenvalue weighted by Crippen LogP contribution is 2.22. The zero-order valence-corrected chi connectivity index (χ0v) is 17.2. The van der Waals surface area contributed by atoms with Crippen LogP contribution in [0.2, 0.25) is 0 Å². The Morgan fingerprint density at radius 1 is 1.29 bits per heavy atom. The molecule has 0 aliphatic carbocycles. The van der Waals surface area contributed by atoms with Gasteiger partial charge in [-0.15, -0.1) is 0 Å². The highest BCUT2D eigenvalue weighted by molar-refractivity contribution is 5.86. The van der Waals surface area contributed by atoms with E-state index in [1.807, 2.05) is 0 Å². The van der Waals surface area contributed by atoms with Crippen molar-refractivity contribution in [3.05, 3.63) is 35.5 Å². The minimum atomic E-state index is 0.629. The second-order valence-electron chi connectivity index (χ2n) is 7.83. The molecule has 0 bridgehead atoms. The quantitative estimate of drug-likeness (QED) is 0.615. The molecule has 1 atom stereocenters. The minimum absolute atomic E-state index is 0.629. The van der Waals surface area contributed by atoms with Crippen molar-refractivity contribution in [1.29, 1.82) is 0 Å². The Labute approximate surface area is 167 Å². The molecule has 1 aromatic heterocycles. The molecule has 2 aromatic rings. The lowest BCUT2D eigenvalue weighted by Gasteiger charge is -2.32. The van der Waals surface area contributed by atoms with Crippen LogP contribution in [0.15, 0.2) is 29.4 Å². The summed E-state index contributed by atoms with van der Waals surface area (Å²) in [6.45, 7) is 12.1. The van der Waals surface area contributed by atoms with Crippen LogP contribution in [0.3, 0.4) is 0 Å². The normalized spacial score (nSPS) is 21.6. The fourth-order valence-corrected chi connectivity index (χ4v) is 4.53. The second kappa shape index (κ2) is 8.97. The van der Waals surface area contributed by atoms with Gasteiger partial charge in [0.1, 0.15) is 0 Å². The Balaban J connectivity index is 1.39. The standard InChI is InChI=1S/C22H33N5O/c1-3-23-22(27-10-8-19(16-27)26-11-13-28-14-12-26)24-9-7-18-15-25-20-6-4-5-17(2)21(18)20/h4-6,15,19,25H,3,7-14,16H2,1-2H3,(H,23,24). The third-order valence-electron chi connectivity index (χ3n) is 6.00. The number of likely N-dealkylation sites (tertiary alicyclic amines) is 1. The van der Waals surface area contributed by atoms with Gasteiger partial charge in [0.2, 0.25) is 0 Å². The fourth-order valence-electron chi connectivity index (χ4n) is 4.53. The maximum Gasteiger partial charge on any atom is 0.193 e. The molecule has 6 heteroatoms. The fraction of sp³-hybridized carbons (Fsp3) is 0.591. The van der Waals surface area contributed by atoms with Gasteiger partial charge in [0.15, 0.2) is 5.96 Å². The molecule has 0 radical (unpaired) electrons. The van der Waals surface area contributed by atoms with E-state index < -0.39 is 0 Å². The molecule has 2 saturated heterocycles. The van der Waals surface area contributed by atoms with Gasteiger partial charge in [-0.05, 0) is 43.9 Å². The Kier molecular flexibility index (Phi) is 6.17. The van der Waals surface area contributed by atoms with E-state index >= 15 is 0 Å². The first kappa shape index (κ1) is 19.3. The van der Waals surface area contributed by atoms with E-state index in [9.17, 15) is 0 Å². The first-order chi connectivity index (χ1) is 13.8. The molecule has 2 N–H and O–H groups in total. The largest absolute Gasteiger partial charge is 0.379 e. The predicted octanol–water partition coefficient (Wildman–Crippen LogP) is 2.39. The molecule has 1 aromatic carbocycles. The number of nitrogens with zero attached hydrogens (tertiary/aromatic N) is 3. The number of aromatic nitrogens is 1. The van der Waals surface area contributed by atoms with Crippen molar-refractivity contribution in [2.45, 2.75) is 32.7 Å². The third kappa shape index (κ3) is 4.18. The Morgan fingerprint density at radius 2 is 2.14 bits per heavy atom.